The lowest BCUT2D eigenvalue weighted by atomic mass is 10.1. The predicted molar refractivity (Wildman–Crippen MR) is 131 cm³/mol. The summed E-state index contributed by atoms with van der Waals surface area (Å²) in [6.07, 6.45) is 3.27. The van der Waals surface area contributed by atoms with Crippen LogP contribution in [-0.2, 0) is 6.61 Å². The zero-order valence-corrected chi connectivity index (χ0v) is 18.9. The van der Waals surface area contributed by atoms with Gasteiger partial charge in [-0.3, -0.25) is 9.89 Å². The molecular formula is C25H18BrN5O2. The average molecular weight is 500 g/mol. The van der Waals surface area contributed by atoms with E-state index in [2.05, 4.69) is 36.2 Å². The van der Waals surface area contributed by atoms with E-state index in [0.29, 0.717) is 22.5 Å². The Labute approximate surface area is 197 Å². The number of ether oxygens (including phenoxy) is 1. The molecule has 0 saturated heterocycles. The number of hydrogen-bond acceptors (Lipinski definition) is 5. The van der Waals surface area contributed by atoms with Crippen molar-refractivity contribution < 1.29 is 4.74 Å². The summed E-state index contributed by atoms with van der Waals surface area (Å²) in [6, 6.07) is 24.4. The van der Waals surface area contributed by atoms with Crippen LogP contribution in [0, 0.1) is 0 Å². The van der Waals surface area contributed by atoms with Crippen LogP contribution < -0.4 is 10.3 Å². The molecule has 0 unspecified atom stereocenters. The van der Waals surface area contributed by atoms with Crippen LogP contribution >= 0.6 is 15.9 Å². The van der Waals surface area contributed by atoms with E-state index in [9.17, 15) is 4.79 Å². The third kappa shape index (κ3) is 4.47. The van der Waals surface area contributed by atoms with E-state index in [1.54, 1.807) is 30.6 Å². The topological polar surface area (TPSA) is 85.2 Å². The average Bonchev–Trinajstić information content (AvgIpc) is 3.32. The molecule has 0 aliphatic rings. The summed E-state index contributed by atoms with van der Waals surface area (Å²) in [4.78, 5) is 17.9. The predicted octanol–water partition coefficient (Wildman–Crippen LogP) is 5.01. The molecule has 5 rings (SSSR count). The van der Waals surface area contributed by atoms with Gasteiger partial charge in [-0.2, -0.15) is 14.9 Å². The molecule has 0 aliphatic carbocycles. The zero-order valence-electron chi connectivity index (χ0n) is 17.4. The van der Waals surface area contributed by atoms with Crippen molar-refractivity contribution in [3.63, 3.8) is 0 Å². The number of benzene rings is 3. The number of nitrogens with one attached hydrogen (secondary N) is 1. The largest absolute Gasteiger partial charge is 0.486 e. The molecule has 7 nitrogen and oxygen atoms in total. The minimum atomic E-state index is -0.266. The van der Waals surface area contributed by atoms with Crippen LogP contribution in [0.4, 0.5) is 0 Å². The third-order valence-corrected chi connectivity index (χ3v) is 5.57. The lowest BCUT2D eigenvalue weighted by Crippen LogP contribution is -2.23. The SMILES string of the molecule is O=c1c2ccccc2nc(COc2ccccc2)n1N=Cc1cn[nH]c1-c1ccc(Br)cc1. The highest BCUT2D eigenvalue weighted by molar-refractivity contribution is 9.10. The van der Waals surface area contributed by atoms with Crippen molar-refractivity contribution in [2.24, 2.45) is 5.10 Å². The second-order valence-electron chi connectivity index (χ2n) is 7.22. The molecule has 0 bridgehead atoms. The maximum Gasteiger partial charge on any atom is 0.282 e. The number of aromatic nitrogens is 4. The van der Waals surface area contributed by atoms with Gasteiger partial charge in [0.25, 0.3) is 5.56 Å². The molecule has 0 aliphatic heterocycles. The molecule has 0 radical (unpaired) electrons. The van der Waals surface area contributed by atoms with Gasteiger partial charge < -0.3 is 4.74 Å². The summed E-state index contributed by atoms with van der Waals surface area (Å²) in [7, 11) is 0. The molecule has 162 valence electrons. The van der Waals surface area contributed by atoms with Gasteiger partial charge in [-0.1, -0.05) is 58.4 Å². The van der Waals surface area contributed by atoms with E-state index in [4.69, 9.17) is 4.74 Å². The van der Waals surface area contributed by atoms with Crippen molar-refractivity contribution >= 4 is 33.0 Å². The normalized spacial score (nSPS) is 11.3. The highest BCUT2D eigenvalue weighted by Gasteiger charge is 2.12. The van der Waals surface area contributed by atoms with Gasteiger partial charge in [0.05, 0.1) is 29.0 Å². The highest BCUT2D eigenvalue weighted by atomic mass is 79.9. The van der Waals surface area contributed by atoms with Gasteiger partial charge in [-0.05, 0) is 36.4 Å². The number of fused-ring (bicyclic) bond motifs is 1. The van der Waals surface area contributed by atoms with E-state index >= 15 is 0 Å². The number of hydrogen-bond donors (Lipinski definition) is 1. The quantitative estimate of drug-likeness (QED) is 0.332. The molecule has 0 spiro atoms. The summed E-state index contributed by atoms with van der Waals surface area (Å²) in [5, 5.41) is 12.1. The molecule has 8 heteroatoms. The maximum atomic E-state index is 13.2. The second-order valence-corrected chi connectivity index (χ2v) is 8.13. The van der Waals surface area contributed by atoms with Crippen LogP contribution in [0.25, 0.3) is 22.2 Å². The highest BCUT2D eigenvalue weighted by Crippen LogP contribution is 2.22. The molecular weight excluding hydrogens is 482 g/mol. The Hall–Kier alpha value is -4.04. The Morgan fingerprint density at radius 1 is 1.00 bits per heavy atom. The molecule has 1 N–H and O–H groups in total. The number of rotatable bonds is 6. The summed E-state index contributed by atoms with van der Waals surface area (Å²) < 4.78 is 8.12. The minimum absolute atomic E-state index is 0.0897. The fraction of sp³-hybridized carbons (Fsp3) is 0.0400. The smallest absolute Gasteiger partial charge is 0.282 e. The molecule has 2 aromatic heterocycles. The Morgan fingerprint density at radius 3 is 2.58 bits per heavy atom. The first-order valence-electron chi connectivity index (χ1n) is 10.2. The summed E-state index contributed by atoms with van der Waals surface area (Å²) in [5.41, 5.74) is 2.83. The number of H-pyrrole nitrogens is 1. The number of nitrogens with zero attached hydrogens (tertiary/aromatic N) is 4. The first-order valence-corrected chi connectivity index (χ1v) is 11.0. The number of halogens is 1. The molecule has 3 aromatic carbocycles. The van der Waals surface area contributed by atoms with Crippen LogP contribution in [0.15, 0.2) is 99.4 Å². The Bertz CT molecular complexity index is 1490. The number of para-hydroxylation sites is 2. The van der Waals surface area contributed by atoms with Gasteiger partial charge in [0.15, 0.2) is 5.82 Å². The molecule has 33 heavy (non-hydrogen) atoms. The maximum absolute atomic E-state index is 13.2. The Kier molecular flexibility index (Phi) is 5.82. The summed E-state index contributed by atoms with van der Waals surface area (Å²) in [5.74, 6) is 1.08. The molecule has 0 fully saturated rings. The van der Waals surface area contributed by atoms with E-state index < -0.39 is 0 Å². The van der Waals surface area contributed by atoms with Crippen molar-refractivity contribution in [3.8, 4) is 17.0 Å². The summed E-state index contributed by atoms with van der Waals surface area (Å²) >= 11 is 3.45. The van der Waals surface area contributed by atoms with Crippen molar-refractivity contribution in [1.29, 1.82) is 0 Å². The van der Waals surface area contributed by atoms with Crippen LogP contribution in [0.2, 0.25) is 0 Å². The lowest BCUT2D eigenvalue weighted by molar-refractivity contribution is 0.289. The van der Waals surface area contributed by atoms with Crippen molar-refractivity contribution in [2.45, 2.75) is 6.61 Å². The molecule has 2 heterocycles. The van der Waals surface area contributed by atoms with Crippen molar-refractivity contribution in [1.82, 2.24) is 19.9 Å². The zero-order chi connectivity index (χ0) is 22.6. The lowest BCUT2D eigenvalue weighted by Gasteiger charge is -2.10. The van der Waals surface area contributed by atoms with Crippen LogP contribution in [0.1, 0.15) is 11.4 Å². The molecule has 0 atom stereocenters. The van der Waals surface area contributed by atoms with E-state index in [1.807, 2.05) is 60.7 Å². The van der Waals surface area contributed by atoms with Crippen molar-refractivity contribution in [2.75, 3.05) is 0 Å². The van der Waals surface area contributed by atoms with Gasteiger partial charge in [0.2, 0.25) is 0 Å². The molecule has 0 amide bonds. The molecule has 0 saturated carbocycles. The first kappa shape index (κ1) is 20.8. The van der Waals surface area contributed by atoms with Crippen molar-refractivity contribution in [3.05, 3.63) is 111 Å². The minimum Gasteiger partial charge on any atom is -0.486 e. The van der Waals surface area contributed by atoms with Crippen LogP contribution in [0.5, 0.6) is 5.75 Å². The molecule has 5 aromatic rings. The van der Waals surface area contributed by atoms with Gasteiger partial charge >= 0.3 is 0 Å². The fourth-order valence-corrected chi connectivity index (χ4v) is 3.67. The van der Waals surface area contributed by atoms with E-state index in [1.165, 1.54) is 4.68 Å². The van der Waals surface area contributed by atoms with E-state index in [0.717, 1.165) is 21.3 Å². The Balaban J connectivity index is 1.54. The van der Waals surface area contributed by atoms with Gasteiger partial charge in [-0.25, -0.2) is 4.98 Å². The van der Waals surface area contributed by atoms with Crippen LogP contribution in [0.3, 0.4) is 0 Å². The van der Waals surface area contributed by atoms with Gasteiger partial charge in [0, 0.05) is 15.6 Å². The Morgan fingerprint density at radius 2 is 1.76 bits per heavy atom. The fourth-order valence-electron chi connectivity index (χ4n) is 3.41. The second kappa shape index (κ2) is 9.22. The first-order chi connectivity index (χ1) is 16.2. The number of aromatic amines is 1. The third-order valence-electron chi connectivity index (χ3n) is 5.05. The standard InChI is InChI=1S/C25H18BrN5O2/c26-19-12-10-17(11-13-19)24-18(14-27-30-24)15-28-31-23(16-33-20-6-2-1-3-7-20)29-22-9-5-4-8-21(22)25(31)32/h1-15H,16H2,(H,27,30). The summed E-state index contributed by atoms with van der Waals surface area (Å²) in [6.45, 7) is 0.0897. The van der Waals surface area contributed by atoms with Gasteiger partial charge in [0.1, 0.15) is 12.4 Å². The van der Waals surface area contributed by atoms with E-state index in [-0.39, 0.29) is 12.2 Å². The monoisotopic (exact) mass is 499 g/mol. The van der Waals surface area contributed by atoms with Gasteiger partial charge in [-0.15, -0.1) is 0 Å². The van der Waals surface area contributed by atoms with Crippen LogP contribution in [-0.4, -0.2) is 26.1 Å².